The summed E-state index contributed by atoms with van der Waals surface area (Å²) in [6.07, 6.45) is -4.39. The van der Waals surface area contributed by atoms with Crippen LogP contribution < -0.4 is 5.32 Å². The lowest BCUT2D eigenvalue weighted by molar-refractivity contribution is -0.138. The molecular formula is C15H16F3N3. The van der Waals surface area contributed by atoms with E-state index in [2.05, 4.69) is 15.5 Å². The highest BCUT2D eigenvalue weighted by molar-refractivity contribution is 5.40. The molecule has 1 atom stereocenters. The molecule has 0 saturated carbocycles. The second-order valence-corrected chi connectivity index (χ2v) is 4.83. The van der Waals surface area contributed by atoms with Crippen LogP contribution in [0.3, 0.4) is 0 Å². The van der Waals surface area contributed by atoms with Crippen LogP contribution in [0.5, 0.6) is 0 Å². The molecular weight excluding hydrogens is 279 g/mol. The van der Waals surface area contributed by atoms with Crippen LogP contribution in [0, 0.1) is 13.8 Å². The average molecular weight is 295 g/mol. The van der Waals surface area contributed by atoms with Gasteiger partial charge >= 0.3 is 6.18 Å². The summed E-state index contributed by atoms with van der Waals surface area (Å²) in [6, 6.07) is 6.75. The molecule has 0 radical (unpaired) electrons. The summed E-state index contributed by atoms with van der Waals surface area (Å²) in [4.78, 5) is 0. The molecule has 1 aromatic heterocycles. The van der Waals surface area contributed by atoms with Crippen molar-refractivity contribution < 1.29 is 13.2 Å². The Kier molecular flexibility index (Phi) is 4.27. The van der Waals surface area contributed by atoms with Crippen LogP contribution in [0.2, 0.25) is 0 Å². The summed E-state index contributed by atoms with van der Waals surface area (Å²) in [5, 5.41) is 10.9. The van der Waals surface area contributed by atoms with E-state index in [1.165, 1.54) is 12.1 Å². The molecule has 0 aliphatic heterocycles. The summed E-state index contributed by atoms with van der Waals surface area (Å²) in [6.45, 7) is 3.50. The molecule has 0 spiro atoms. The maximum absolute atomic E-state index is 13.2. The predicted molar refractivity (Wildman–Crippen MR) is 73.9 cm³/mol. The first-order valence-electron chi connectivity index (χ1n) is 6.48. The number of nitrogens with zero attached hydrogens (tertiary/aromatic N) is 2. The Labute approximate surface area is 121 Å². The maximum Gasteiger partial charge on any atom is 0.416 e. The van der Waals surface area contributed by atoms with Crippen molar-refractivity contribution in [2.45, 2.75) is 26.1 Å². The summed E-state index contributed by atoms with van der Waals surface area (Å²) in [7, 11) is 1.63. The van der Waals surface area contributed by atoms with Crippen molar-refractivity contribution in [3.63, 3.8) is 0 Å². The molecule has 6 heteroatoms. The minimum atomic E-state index is -4.39. The molecule has 21 heavy (non-hydrogen) atoms. The van der Waals surface area contributed by atoms with Gasteiger partial charge in [0.15, 0.2) is 0 Å². The topological polar surface area (TPSA) is 37.8 Å². The molecule has 0 aliphatic carbocycles. The van der Waals surface area contributed by atoms with Gasteiger partial charge in [-0.1, -0.05) is 18.2 Å². The number of hydrogen-bond acceptors (Lipinski definition) is 3. The van der Waals surface area contributed by atoms with E-state index in [4.69, 9.17) is 0 Å². The van der Waals surface area contributed by atoms with Gasteiger partial charge in [-0.15, -0.1) is 0 Å². The normalized spacial score (nSPS) is 13.2. The van der Waals surface area contributed by atoms with Crippen LogP contribution in [-0.2, 0) is 6.18 Å². The van der Waals surface area contributed by atoms with E-state index in [0.29, 0.717) is 17.0 Å². The molecule has 1 aromatic carbocycles. The third-order valence-electron chi connectivity index (χ3n) is 3.32. The minimum Gasteiger partial charge on any atom is -0.309 e. The van der Waals surface area contributed by atoms with Gasteiger partial charge in [-0.3, -0.25) is 0 Å². The van der Waals surface area contributed by atoms with Crippen molar-refractivity contribution in [2.75, 3.05) is 7.05 Å². The number of alkyl halides is 3. The fraction of sp³-hybridized carbons (Fsp3) is 0.333. The first-order valence-corrected chi connectivity index (χ1v) is 6.48. The fourth-order valence-corrected chi connectivity index (χ4v) is 2.35. The van der Waals surface area contributed by atoms with E-state index in [-0.39, 0.29) is 5.56 Å². The molecule has 3 nitrogen and oxygen atoms in total. The average Bonchev–Trinajstić information content (AvgIpc) is 2.43. The maximum atomic E-state index is 13.2. The van der Waals surface area contributed by atoms with Gasteiger partial charge in [0, 0.05) is 0 Å². The molecule has 0 amide bonds. The molecule has 2 rings (SSSR count). The molecule has 1 N–H and O–H groups in total. The lowest BCUT2D eigenvalue weighted by Crippen LogP contribution is -2.23. The predicted octanol–water partition coefficient (Wildman–Crippen LogP) is 3.42. The summed E-state index contributed by atoms with van der Waals surface area (Å²) in [5.41, 5.74) is 1.51. The van der Waals surface area contributed by atoms with Gasteiger partial charge in [-0.25, -0.2) is 0 Å². The zero-order chi connectivity index (χ0) is 15.6. The second kappa shape index (κ2) is 5.81. The minimum absolute atomic E-state index is 0.183. The van der Waals surface area contributed by atoms with Gasteiger partial charge in [0.05, 0.1) is 23.0 Å². The molecule has 0 aliphatic rings. The van der Waals surface area contributed by atoms with Crippen LogP contribution >= 0.6 is 0 Å². The largest absolute Gasteiger partial charge is 0.416 e. The third kappa shape index (κ3) is 3.21. The van der Waals surface area contributed by atoms with Crippen LogP contribution in [0.4, 0.5) is 13.2 Å². The van der Waals surface area contributed by atoms with Crippen molar-refractivity contribution in [1.82, 2.24) is 15.5 Å². The summed E-state index contributed by atoms with van der Waals surface area (Å²) < 4.78 is 39.6. The van der Waals surface area contributed by atoms with E-state index in [0.717, 1.165) is 6.07 Å². The standard InChI is InChI=1S/C15H16F3N3/c1-9-8-12(10(2)21-20-9)14(19-3)11-6-4-5-7-13(11)15(16,17)18/h4-8,14,19H,1-3H3. The highest BCUT2D eigenvalue weighted by Crippen LogP contribution is 2.36. The monoisotopic (exact) mass is 295 g/mol. The second-order valence-electron chi connectivity index (χ2n) is 4.83. The summed E-state index contributed by atoms with van der Waals surface area (Å²) in [5.74, 6) is 0. The highest BCUT2D eigenvalue weighted by Gasteiger charge is 2.35. The SMILES string of the molecule is CNC(c1ccccc1C(F)(F)F)c1cc(C)nnc1C. The Bertz CT molecular complexity index is 638. The Hall–Kier alpha value is -1.95. The van der Waals surface area contributed by atoms with Crippen molar-refractivity contribution >= 4 is 0 Å². The van der Waals surface area contributed by atoms with Gasteiger partial charge in [-0.05, 0) is 44.2 Å². The number of hydrogen-bond donors (Lipinski definition) is 1. The van der Waals surface area contributed by atoms with Crippen LogP contribution in [0.1, 0.15) is 34.1 Å². The van der Waals surface area contributed by atoms with Crippen LogP contribution in [-0.4, -0.2) is 17.2 Å². The number of benzene rings is 1. The zero-order valence-corrected chi connectivity index (χ0v) is 12.0. The molecule has 0 fully saturated rings. The van der Waals surface area contributed by atoms with Gasteiger partial charge in [0.25, 0.3) is 0 Å². The van der Waals surface area contributed by atoms with E-state index >= 15 is 0 Å². The van der Waals surface area contributed by atoms with Crippen molar-refractivity contribution in [1.29, 1.82) is 0 Å². The van der Waals surface area contributed by atoms with Crippen molar-refractivity contribution in [2.24, 2.45) is 0 Å². The van der Waals surface area contributed by atoms with Gasteiger partial charge < -0.3 is 5.32 Å². The lowest BCUT2D eigenvalue weighted by Gasteiger charge is -2.22. The molecule has 1 heterocycles. The van der Waals surface area contributed by atoms with Crippen LogP contribution in [0.15, 0.2) is 30.3 Å². The fourth-order valence-electron chi connectivity index (χ4n) is 2.35. The smallest absolute Gasteiger partial charge is 0.309 e. The number of aryl methyl sites for hydroxylation is 2. The first-order chi connectivity index (χ1) is 9.84. The van der Waals surface area contributed by atoms with Crippen molar-refractivity contribution in [3.8, 4) is 0 Å². The number of rotatable bonds is 3. The Morgan fingerprint density at radius 3 is 2.33 bits per heavy atom. The number of aromatic nitrogens is 2. The summed E-state index contributed by atoms with van der Waals surface area (Å²) >= 11 is 0. The molecule has 112 valence electrons. The Morgan fingerprint density at radius 2 is 1.71 bits per heavy atom. The molecule has 1 unspecified atom stereocenters. The van der Waals surface area contributed by atoms with E-state index in [1.54, 1.807) is 33.0 Å². The van der Waals surface area contributed by atoms with Gasteiger partial charge in [-0.2, -0.15) is 23.4 Å². The van der Waals surface area contributed by atoms with Crippen LogP contribution in [0.25, 0.3) is 0 Å². The van der Waals surface area contributed by atoms with E-state index in [1.807, 2.05) is 0 Å². The molecule has 2 aromatic rings. The van der Waals surface area contributed by atoms with Gasteiger partial charge in [0.1, 0.15) is 0 Å². The van der Waals surface area contributed by atoms with E-state index < -0.39 is 17.8 Å². The Balaban J connectivity index is 2.60. The number of nitrogens with one attached hydrogen (secondary N) is 1. The highest BCUT2D eigenvalue weighted by atomic mass is 19.4. The van der Waals surface area contributed by atoms with E-state index in [9.17, 15) is 13.2 Å². The molecule has 0 saturated heterocycles. The zero-order valence-electron chi connectivity index (χ0n) is 12.0. The Morgan fingerprint density at radius 1 is 1.05 bits per heavy atom. The van der Waals surface area contributed by atoms with Gasteiger partial charge in [0.2, 0.25) is 0 Å². The first kappa shape index (κ1) is 15.4. The van der Waals surface area contributed by atoms with Crippen molar-refractivity contribution in [3.05, 3.63) is 58.4 Å². The molecule has 0 bridgehead atoms. The number of halogens is 3. The third-order valence-corrected chi connectivity index (χ3v) is 3.32. The quantitative estimate of drug-likeness (QED) is 0.943. The lowest BCUT2D eigenvalue weighted by atomic mass is 9.93.